The fourth-order valence-electron chi connectivity index (χ4n) is 5.61. The molecule has 4 aromatic rings. The maximum Gasteiger partial charge on any atom is 0.254 e. The van der Waals surface area contributed by atoms with Gasteiger partial charge in [-0.05, 0) is 96.8 Å². The van der Waals surface area contributed by atoms with Gasteiger partial charge in [0.1, 0.15) is 6.04 Å². The van der Waals surface area contributed by atoms with E-state index in [9.17, 15) is 4.79 Å². The highest BCUT2D eigenvalue weighted by atomic mass is 16.5. The number of pyridine rings is 1. The van der Waals surface area contributed by atoms with E-state index in [0.29, 0.717) is 17.9 Å². The zero-order valence-corrected chi connectivity index (χ0v) is 20.4. The summed E-state index contributed by atoms with van der Waals surface area (Å²) in [6.45, 7) is 7.70. The number of fused-ring (bicyclic) bond motifs is 2. The monoisotopic (exact) mass is 470 g/mol. The zero-order valence-electron chi connectivity index (χ0n) is 20.4. The number of anilines is 1. The van der Waals surface area contributed by atoms with Gasteiger partial charge in [-0.1, -0.05) is 18.2 Å². The SMILES string of the molecule is Cc1cc2cc([C@H](c3nnnn3C[C@@H]3CCCO3)N3c4ccccc4C[C@H]3C)c(=O)[nH]c2cc1C. The van der Waals surface area contributed by atoms with Crippen molar-refractivity contribution in [1.82, 2.24) is 25.2 Å². The topological polar surface area (TPSA) is 88.9 Å². The average Bonchev–Trinajstić information content (AvgIpc) is 3.58. The average molecular weight is 471 g/mol. The predicted molar refractivity (Wildman–Crippen MR) is 135 cm³/mol. The predicted octanol–water partition coefficient (Wildman–Crippen LogP) is 3.85. The maximum absolute atomic E-state index is 13.6. The molecule has 1 saturated heterocycles. The van der Waals surface area contributed by atoms with E-state index in [2.05, 4.69) is 70.4 Å². The summed E-state index contributed by atoms with van der Waals surface area (Å²) >= 11 is 0. The van der Waals surface area contributed by atoms with E-state index in [1.54, 1.807) is 0 Å². The number of hydrogen-bond donors (Lipinski definition) is 1. The van der Waals surface area contributed by atoms with Gasteiger partial charge in [-0.15, -0.1) is 5.10 Å². The van der Waals surface area contributed by atoms with Gasteiger partial charge >= 0.3 is 0 Å². The maximum atomic E-state index is 13.6. The Morgan fingerprint density at radius 3 is 2.83 bits per heavy atom. The van der Waals surface area contributed by atoms with Crippen LogP contribution in [0.25, 0.3) is 10.9 Å². The highest BCUT2D eigenvalue weighted by molar-refractivity contribution is 5.81. The first-order valence-electron chi connectivity index (χ1n) is 12.4. The number of rotatable bonds is 5. The van der Waals surface area contributed by atoms with Crippen molar-refractivity contribution in [3.8, 4) is 0 Å². The van der Waals surface area contributed by atoms with Gasteiger partial charge in [0.2, 0.25) is 0 Å². The number of hydrogen-bond acceptors (Lipinski definition) is 6. The number of aromatic amines is 1. The summed E-state index contributed by atoms with van der Waals surface area (Å²) in [7, 11) is 0. The molecule has 4 heterocycles. The first-order valence-corrected chi connectivity index (χ1v) is 12.4. The van der Waals surface area contributed by atoms with E-state index < -0.39 is 6.04 Å². The first kappa shape index (κ1) is 22.0. The Hall–Kier alpha value is -3.52. The van der Waals surface area contributed by atoms with Gasteiger partial charge in [0.15, 0.2) is 5.82 Å². The molecule has 2 aromatic heterocycles. The summed E-state index contributed by atoms with van der Waals surface area (Å²) in [5.74, 6) is 0.665. The number of aromatic nitrogens is 5. The van der Waals surface area contributed by atoms with Crippen LogP contribution < -0.4 is 10.5 Å². The van der Waals surface area contributed by atoms with Crippen LogP contribution in [0.4, 0.5) is 5.69 Å². The molecular weight excluding hydrogens is 440 g/mol. The molecule has 3 atom stereocenters. The van der Waals surface area contributed by atoms with Crippen molar-refractivity contribution >= 4 is 16.6 Å². The van der Waals surface area contributed by atoms with Gasteiger partial charge in [0.05, 0.1) is 12.6 Å². The van der Waals surface area contributed by atoms with Crippen molar-refractivity contribution in [2.24, 2.45) is 0 Å². The van der Waals surface area contributed by atoms with E-state index in [1.807, 2.05) is 22.9 Å². The highest BCUT2D eigenvalue weighted by Crippen LogP contribution is 2.40. The Kier molecular flexibility index (Phi) is 5.40. The van der Waals surface area contributed by atoms with Crippen LogP contribution in [0.15, 0.2) is 47.3 Å². The van der Waals surface area contributed by atoms with Crippen LogP contribution in [0.1, 0.15) is 53.9 Å². The van der Waals surface area contributed by atoms with Crippen LogP contribution >= 0.6 is 0 Å². The summed E-state index contributed by atoms with van der Waals surface area (Å²) in [5.41, 5.74) is 6.11. The molecule has 2 aliphatic heterocycles. The Bertz CT molecular complexity index is 1450. The molecule has 0 radical (unpaired) electrons. The Morgan fingerprint density at radius 2 is 2.00 bits per heavy atom. The molecule has 2 aromatic carbocycles. The molecule has 0 unspecified atom stereocenters. The molecule has 0 aliphatic carbocycles. The van der Waals surface area contributed by atoms with Gasteiger partial charge in [-0.2, -0.15) is 0 Å². The van der Waals surface area contributed by atoms with Crippen molar-refractivity contribution in [1.29, 1.82) is 0 Å². The Labute approximate surface area is 203 Å². The van der Waals surface area contributed by atoms with Crippen molar-refractivity contribution < 1.29 is 4.74 Å². The number of tetrazole rings is 1. The molecule has 2 aliphatic rings. The summed E-state index contributed by atoms with van der Waals surface area (Å²) < 4.78 is 7.71. The fraction of sp³-hybridized carbons (Fsp3) is 0.407. The molecule has 0 saturated carbocycles. The molecular formula is C27H30N6O2. The number of nitrogens with zero attached hydrogens (tertiary/aromatic N) is 5. The molecule has 0 spiro atoms. The number of aryl methyl sites for hydroxylation is 2. The van der Waals surface area contributed by atoms with Crippen LogP contribution in [0.2, 0.25) is 0 Å². The lowest BCUT2D eigenvalue weighted by Crippen LogP contribution is -2.39. The fourth-order valence-corrected chi connectivity index (χ4v) is 5.61. The molecule has 8 nitrogen and oxygen atoms in total. The van der Waals surface area contributed by atoms with E-state index in [0.717, 1.165) is 48.0 Å². The second kappa shape index (κ2) is 8.61. The van der Waals surface area contributed by atoms with Crippen LogP contribution in [-0.4, -0.2) is 43.9 Å². The quantitative estimate of drug-likeness (QED) is 0.477. The minimum Gasteiger partial charge on any atom is -0.376 e. The number of benzene rings is 2. The summed E-state index contributed by atoms with van der Waals surface area (Å²) in [5, 5.41) is 13.9. The molecule has 8 heteroatoms. The van der Waals surface area contributed by atoms with Gasteiger partial charge in [0, 0.05) is 29.4 Å². The van der Waals surface area contributed by atoms with Crippen LogP contribution in [0, 0.1) is 13.8 Å². The number of ether oxygens (including phenoxy) is 1. The lowest BCUT2D eigenvalue weighted by atomic mass is 10.00. The second-order valence-electron chi connectivity index (χ2n) is 9.92. The first-order chi connectivity index (χ1) is 17.0. The van der Waals surface area contributed by atoms with Gasteiger partial charge in [-0.25, -0.2) is 4.68 Å². The van der Waals surface area contributed by atoms with Crippen LogP contribution in [0.5, 0.6) is 0 Å². The molecule has 0 amide bonds. The molecule has 180 valence electrons. The third kappa shape index (κ3) is 3.82. The standard InChI is InChI=1S/C27H30N6O2/c1-16-11-20-14-22(27(34)28-23(20)12-17(16)2)25(33-18(3)13-19-7-4-5-9-24(19)33)26-29-30-31-32(26)15-21-8-6-10-35-21/h4-5,7,9,11-12,14,18,21,25H,6,8,10,13,15H2,1-3H3,(H,28,34)/t18-,21+,25-/m1/s1. The van der Waals surface area contributed by atoms with E-state index in [4.69, 9.17) is 4.74 Å². The van der Waals surface area contributed by atoms with Gasteiger partial charge in [0.25, 0.3) is 5.56 Å². The van der Waals surface area contributed by atoms with Crippen LogP contribution in [0.3, 0.4) is 0 Å². The van der Waals surface area contributed by atoms with E-state index in [-0.39, 0.29) is 17.7 Å². The van der Waals surface area contributed by atoms with Crippen molar-refractivity contribution in [3.63, 3.8) is 0 Å². The number of nitrogens with one attached hydrogen (secondary N) is 1. The van der Waals surface area contributed by atoms with E-state index in [1.165, 1.54) is 11.1 Å². The Morgan fingerprint density at radius 1 is 1.17 bits per heavy atom. The minimum absolute atomic E-state index is 0.0849. The van der Waals surface area contributed by atoms with Crippen molar-refractivity contribution in [3.05, 3.63) is 80.9 Å². The van der Waals surface area contributed by atoms with Gasteiger partial charge < -0.3 is 14.6 Å². The van der Waals surface area contributed by atoms with Crippen LogP contribution in [-0.2, 0) is 17.7 Å². The normalized spacial score (nSPS) is 20.5. The van der Waals surface area contributed by atoms with E-state index >= 15 is 0 Å². The van der Waals surface area contributed by atoms with Crippen molar-refractivity contribution in [2.75, 3.05) is 11.5 Å². The molecule has 6 rings (SSSR count). The molecule has 1 fully saturated rings. The molecule has 35 heavy (non-hydrogen) atoms. The Balaban J connectivity index is 1.54. The number of H-pyrrole nitrogens is 1. The highest BCUT2D eigenvalue weighted by Gasteiger charge is 2.38. The number of para-hydroxylation sites is 1. The summed E-state index contributed by atoms with van der Waals surface area (Å²) in [6.07, 6.45) is 3.03. The molecule has 0 bridgehead atoms. The third-order valence-electron chi connectivity index (χ3n) is 7.52. The third-order valence-corrected chi connectivity index (χ3v) is 7.52. The summed E-state index contributed by atoms with van der Waals surface area (Å²) in [4.78, 5) is 19.1. The largest absolute Gasteiger partial charge is 0.376 e. The summed E-state index contributed by atoms with van der Waals surface area (Å²) in [6, 6.07) is 14.4. The van der Waals surface area contributed by atoms with Crippen molar-refractivity contribution in [2.45, 2.75) is 64.8 Å². The smallest absolute Gasteiger partial charge is 0.254 e. The lowest BCUT2D eigenvalue weighted by Gasteiger charge is -2.33. The lowest BCUT2D eigenvalue weighted by molar-refractivity contribution is 0.0924. The molecule has 1 N–H and O–H groups in total. The minimum atomic E-state index is -0.431. The second-order valence-corrected chi connectivity index (χ2v) is 9.92. The zero-order chi connectivity index (χ0) is 24.1. The van der Waals surface area contributed by atoms with Gasteiger partial charge in [-0.3, -0.25) is 4.79 Å².